The van der Waals surface area contributed by atoms with E-state index in [2.05, 4.69) is 13.8 Å². The van der Waals surface area contributed by atoms with Gasteiger partial charge in [0.15, 0.2) is 0 Å². The highest BCUT2D eigenvalue weighted by Gasteiger charge is 2.21. The Morgan fingerprint density at radius 2 is 1.33 bits per heavy atom. The summed E-state index contributed by atoms with van der Waals surface area (Å²) in [4.78, 5) is 0. The molecule has 0 aromatic carbocycles. The van der Waals surface area contributed by atoms with E-state index in [1.165, 1.54) is 19.3 Å². The molecule has 0 amide bonds. The Balaban J connectivity index is 3.42. The quantitative estimate of drug-likeness (QED) is 0.413. The molecule has 0 aliphatic heterocycles. The molecule has 0 bridgehead atoms. The van der Waals surface area contributed by atoms with Crippen LogP contribution in [0.25, 0.3) is 0 Å². The van der Waals surface area contributed by atoms with Crippen LogP contribution in [0, 0.1) is 0 Å². The van der Waals surface area contributed by atoms with Crippen molar-refractivity contribution >= 4 is 23.2 Å². The van der Waals surface area contributed by atoms with Gasteiger partial charge in [-0.1, -0.05) is 46.0 Å². The monoisotopic (exact) mass is 210 g/mol. The summed E-state index contributed by atoms with van der Waals surface area (Å²) in [7, 11) is 0. The van der Waals surface area contributed by atoms with Crippen molar-refractivity contribution in [3.05, 3.63) is 0 Å². The molecule has 0 fully saturated rings. The molecule has 0 radical (unpaired) electrons. The van der Waals surface area contributed by atoms with Gasteiger partial charge in [-0.3, -0.25) is 0 Å². The van der Waals surface area contributed by atoms with Gasteiger partial charge in [-0.05, 0) is 12.8 Å². The summed E-state index contributed by atoms with van der Waals surface area (Å²) < 4.78 is -0.453. The number of rotatable bonds is 7. The smallest absolute Gasteiger partial charge is 0.102 e. The maximum atomic E-state index is 6.12. The Morgan fingerprint density at radius 3 is 1.83 bits per heavy atom. The average Bonchev–Trinajstić information content (AvgIpc) is 2.01. The zero-order valence-electron chi connectivity index (χ0n) is 8.21. The van der Waals surface area contributed by atoms with Gasteiger partial charge in [0.2, 0.25) is 0 Å². The lowest BCUT2D eigenvalue weighted by molar-refractivity contribution is 0.556. The molecule has 0 aromatic heterocycles. The van der Waals surface area contributed by atoms with Crippen LogP contribution in [0.1, 0.15) is 58.8 Å². The normalized spacial score (nSPS) is 12.0. The van der Waals surface area contributed by atoms with Gasteiger partial charge in [-0.2, -0.15) is 0 Å². The summed E-state index contributed by atoms with van der Waals surface area (Å²) in [5.74, 6) is 0. The molecule has 0 N–H and O–H groups in total. The maximum absolute atomic E-state index is 6.12. The van der Waals surface area contributed by atoms with Crippen LogP contribution < -0.4 is 0 Å². The first-order valence-electron chi connectivity index (χ1n) is 5.00. The van der Waals surface area contributed by atoms with Crippen molar-refractivity contribution in [2.45, 2.75) is 63.1 Å². The summed E-state index contributed by atoms with van der Waals surface area (Å²) >= 11 is 12.2. The fourth-order valence-corrected chi connectivity index (χ4v) is 1.73. The van der Waals surface area contributed by atoms with Gasteiger partial charge in [0.1, 0.15) is 4.33 Å². The summed E-state index contributed by atoms with van der Waals surface area (Å²) in [6.07, 6.45) is 7.84. The SMILES string of the molecule is CCCCCC(Cl)(Cl)CCCC. The Kier molecular flexibility index (Phi) is 7.37. The molecule has 0 aliphatic rings. The number of unbranched alkanes of at least 4 members (excludes halogenated alkanes) is 3. The number of hydrogen-bond donors (Lipinski definition) is 0. The van der Waals surface area contributed by atoms with Gasteiger partial charge in [-0.15, -0.1) is 23.2 Å². The maximum Gasteiger partial charge on any atom is 0.118 e. The minimum Gasteiger partial charge on any atom is -0.102 e. The van der Waals surface area contributed by atoms with E-state index in [1.54, 1.807) is 0 Å². The molecule has 0 nitrogen and oxygen atoms in total. The van der Waals surface area contributed by atoms with Crippen LogP contribution in [-0.4, -0.2) is 4.33 Å². The summed E-state index contributed by atoms with van der Waals surface area (Å²) in [5.41, 5.74) is 0. The molecule has 0 saturated heterocycles. The van der Waals surface area contributed by atoms with E-state index >= 15 is 0 Å². The van der Waals surface area contributed by atoms with Gasteiger partial charge in [-0.25, -0.2) is 0 Å². The van der Waals surface area contributed by atoms with Crippen LogP contribution >= 0.6 is 23.2 Å². The predicted octanol–water partition coefficient (Wildman–Crippen LogP) is 4.93. The van der Waals surface area contributed by atoms with E-state index < -0.39 is 4.33 Å². The zero-order chi connectivity index (χ0) is 9.45. The van der Waals surface area contributed by atoms with Crippen molar-refractivity contribution in [3.8, 4) is 0 Å². The van der Waals surface area contributed by atoms with Gasteiger partial charge in [0, 0.05) is 0 Å². The average molecular weight is 211 g/mol. The van der Waals surface area contributed by atoms with Gasteiger partial charge < -0.3 is 0 Å². The minimum absolute atomic E-state index is 0.453. The van der Waals surface area contributed by atoms with Crippen molar-refractivity contribution in [1.29, 1.82) is 0 Å². The summed E-state index contributed by atoms with van der Waals surface area (Å²) in [6, 6.07) is 0. The van der Waals surface area contributed by atoms with E-state index in [-0.39, 0.29) is 0 Å². The largest absolute Gasteiger partial charge is 0.118 e. The molecular weight excluding hydrogens is 191 g/mol. The van der Waals surface area contributed by atoms with Gasteiger partial charge in [0.25, 0.3) is 0 Å². The van der Waals surface area contributed by atoms with Crippen molar-refractivity contribution in [3.63, 3.8) is 0 Å². The highest BCUT2D eigenvalue weighted by atomic mass is 35.5. The summed E-state index contributed by atoms with van der Waals surface area (Å²) in [6.45, 7) is 4.35. The molecule has 0 heterocycles. The van der Waals surface area contributed by atoms with Gasteiger partial charge >= 0.3 is 0 Å². The minimum atomic E-state index is -0.453. The Labute approximate surface area is 86.6 Å². The number of hydrogen-bond acceptors (Lipinski definition) is 0. The molecule has 74 valence electrons. The molecule has 0 rings (SSSR count). The molecule has 2 heteroatoms. The van der Waals surface area contributed by atoms with Crippen molar-refractivity contribution in [2.24, 2.45) is 0 Å². The van der Waals surface area contributed by atoms with Crippen LogP contribution in [0.3, 0.4) is 0 Å². The third-order valence-electron chi connectivity index (χ3n) is 2.04. The molecule has 12 heavy (non-hydrogen) atoms. The van der Waals surface area contributed by atoms with E-state index in [0.717, 1.165) is 25.7 Å². The van der Waals surface area contributed by atoms with Crippen LogP contribution in [0.4, 0.5) is 0 Å². The van der Waals surface area contributed by atoms with E-state index in [1.807, 2.05) is 0 Å². The first-order valence-corrected chi connectivity index (χ1v) is 5.76. The highest BCUT2D eigenvalue weighted by Crippen LogP contribution is 2.33. The second-order valence-corrected chi connectivity index (χ2v) is 5.06. The molecule has 0 aliphatic carbocycles. The van der Waals surface area contributed by atoms with Crippen molar-refractivity contribution < 1.29 is 0 Å². The third kappa shape index (κ3) is 7.24. The van der Waals surface area contributed by atoms with E-state index in [9.17, 15) is 0 Å². The second-order valence-electron chi connectivity index (χ2n) is 3.42. The lowest BCUT2D eigenvalue weighted by Crippen LogP contribution is -2.11. The highest BCUT2D eigenvalue weighted by molar-refractivity contribution is 6.48. The number of halogens is 2. The lowest BCUT2D eigenvalue weighted by atomic mass is 10.1. The van der Waals surface area contributed by atoms with Crippen LogP contribution in [0.15, 0.2) is 0 Å². The molecule has 0 unspecified atom stereocenters. The zero-order valence-corrected chi connectivity index (χ0v) is 9.72. The number of alkyl halides is 2. The molecule has 0 aromatic rings. The Bertz CT molecular complexity index is 100. The molecule has 0 atom stereocenters. The fourth-order valence-electron chi connectivity index (χ4n) is 1.19. The van der Waals surface area contributed by atoms with Crippen molar-refractivity contribution in [1.82, 2.24) is 0 Å². The third-order valence-corrected chi connectivity index (χ3v) is 2.80. The van der Waals surface area contributed by atoms with Crippen molar-refractivity contribution in [2.75, 3.05) is 0 Å². The second kappa shape index (κ2) is 7.03. The molecule has 0 saturated carbocycles. The first kappa shape index (κ1) is 12.6. The molecular formula is C10H20Cl2. The first-order chi connectivity index (χ1) is 5.62. The van der Waals surface area contributed by atoms with Gasteiger partial charge in [0.05, 0.1) is 0 Å². The van der Waals surface area contributed by atoms with E-state index in [0.29, 0.717) is 0 Å². The van der Waals surface area contributed by atoms with E-state index in [4.69, 9.17) is 23.2 Å². The Morgan fingerprint density at radius 1 is 0.833 bits per heavy atom. The Hall–Kier alpha value is 0.580. The fraction of sp³-hybridized carbons (Fsp3) is 1.00. The molecule has 0 spiro atoms. The van der Waals surface area contributed by atoms with Crippen LogP contribution in [-0.2, 0) is 0 Å². The topological polar surface area (TPSA) is 0 Å². The summed E-state index contributed by atoms with van der Waals surface area (Å²) in [5, 5.41) is 0. The standard InChI is InChI=1S/C10H20Cl2/c1-3-5-7-9-10(11,12)8-6-4-2/h3-9H2,1-2H3. The lowest BCUT2D eigenvalue weighted by Gasteiger charge is -2.18. The van der Waals surface area contributed by atoms with Crippen LogP contribution in [0.5, 0.6) is 0 Å². The predicted molar refractivity (Wildman–Crippen MR) is 58.1 cm³/mol. The van der Waals surface area contributed by atoms with Crippen LogP contribution in [0.2, 0.25) is 0 Å².